The summed E-state index contributed by atoms with van der Waals surface area (Å²) in [7, 11) is 0. The summed E-state index contributed by atoms with van der Waals surface area (Å²) >= 11 is 1.27. The van der Waals surface area contributed by atoms with Crippen LogP contribution in [0.1, 0.15) is 55.9 Å². The molecule has 1 aromatic rings. The van der Waals surface area contributed by atoms with E-state index in [1.807, 2.05) is 18.7 Å². The Labute approximate surface area is 136 Å². The van der Waals surface area contributed by atoms with E-state index in [1.54, 1.807) is 0 Å². The SMILES string of the molecule is CCc1nc(N)sc1C(=O)N1CC[C@@](C)(O)[C@@H](CC(C)C)C1. The molecule has 0 radical (unpaired) electrons. The van der Waals surface area contributed by atoms with Gasteiger partial charge in [-0.15, -0.1) is 0 Å². The highest BCUT2D eigenvalue weighted by Crippen LogP contribution is 2.34. The molecular weight excluding hydrogens is 298 g/mol. The van der Waals surface area contributed by atoms with Crippen LogP contribution in [0.25, 0.3) is 0 Å². The zero-order valence-electron chi connectivity index (χ0n) is 13.9. The lowest BCUT2D eigenvalue weighted by atomic mass is 9.78. The normalized spacial score (nSPS) is 25.7. The molecular formula is C16H27N3O2S. The van der Waals surface area contributed by atoms with Crippen LogP contribution in [0.5, 0.6) is 0 Å². The maximum atomic E-state index is 12.8. The third-order valence-electron chi connectivity index (χ3n) is 4.49. The van der Waals surface area contributed by atoms with Gasteiger partial charge in [0.15, 0.2) is 5.13 Å². The van der Waals surface area contributed by atoms with Crippen LogP contribution in [0, 0.1) is 11.8 Å². The molecule has 0 spiro atoms. The van der Waals surface area contributed by atoms with Crippen LogP contribution in [0.4, 0.5) is 5.13 Å². The first kappa shape index (κ1) is 17.2. The van der Waals surface area contributed by atoms with Crippen molar-refractivity contribution < 1.29 is 9.90 Å². The zero-order valence-corrected chi connectivity index (χ0v) is 14.7. The number of nitrogens with two attached hydrogens (primary N) is 1. The Bertz CT molecular complexity index is 539. The first-order valence-corrected chi connectivity index (χ1v) is 8.83. The summed E-state index contributed by atoms with van der Waals surface area (Å²) < 4.78 is 0. The van der Waals surface area contributed by atoms with Crippen molar-refractivity contribution in [1.82, 2.24) is 9.88 Å². The minimum Gasteiger partial charge on any atom is -0.390 e. The van der Waals surface area contributed by atoms with Gasteiger partial charge in [-0.3, -0.25) is 4.79 Å². The number of aryl methyl sites for hydroxylation is 1. The van der Waals surface area contributed by atoms with Crippen molar-refractivity contribution in [2.24, 2.45) is 11.8 Å². The molecule has 1 fully saturated rings. The van der Waals surface area contributed by atoms with Gasteiger partial charge in [-0.05, 0) is 32.1 Å². The highest BCUT2D eigenvalue weighted by molar-refractivity contribution is 7.17. The molecule has 1 aliphatic rings. The maximum Gasteiger partial charge on any atom is 0.265 e. The molecule has 0 bridgehead atoms. The molecule has 0 saturated carbocycles. The van der Waals surface area contributed by atoms with Crippen LogP contribution in [0.15, 0.2) is 0 Å². The smallest absolute Gasteiger partial charge is 0.265 e. The number of amides is 1. The molecule has 1 saturated heterocycles. The zero-order chi connectivity index (χ0) is 16.5. The number of carbonyl (C=O) groups is 1. The van der Waals surface area contributed by atoms with E-state index >= 15 is 0 Å². The fourth-order valence-electron chi connectivity index (χ4n) is 3.12. The topological polar surface area (TPSA) is 79.5 Å². The lowest BCUT2D eigenvalue weighted by molar-refractivity contribution is -0.0576. The van der Waals surface area contributed by atoms with E-state index in [-0.39, 0.29) is 11.8 Å². The first-order chi connectivity index (χ1) is 10.2. The summed E-state index contributed by atoms with van der Waals surface area (Å²) in [5, 5.41) is 11.0. The van der Waals surface area contributed by atoms with Gasteiger partial charge in [0, 0.05) is 19.0 Å². The van der Waals surface area contributed by atoms with Crippen LogP contribution in [0.3, 0.4) is 0 Å². The standard InChI is InChI=1S/C16H27N3O2S/c1-5-12-13(22-15(17)18-12)14(20)19-7-6-16(4,21)11(9-19)8-10(2)3/h10-11,21H,5-9H2,1-4H3,(H2,17,18)/t11-,16+/m0/s1. The van der Waals surface area contributed by atoms with E-state index in [4.69, 9.17) is 5.73 Å². The second-order valence-corrected chi connectivity index (χ2v) is 7.90. The molecule has 2 rings (SSSR count). The number of anilines is 1. The number of aliphatic hydroxyl groups is 1. The number of nitrogen functional groups attached to an aromatic ring is 1. The summed E-state index contributed by atoms with van der Waals surface area (Å²) in [5.74, 6) is 0.618. The van der Waals surface area contributed by atoms with Crippen LogP contribution >= 0.6 is 11.3 Å². The van der Waals surface area contributed by atoms with Crippen molar-refractivity contribution in [3.63, 3.8) is 0 Å². The van der Waals surface area contributed by atoms with E-state index in [0.29, 0.717) is 41.9 Å². The summed E-state index contributed by atoms with van der Waals surface area (Å²) in [6.45, 7) is 9.36. The number of hydrogen-bond donors (Lipinski definition) is 2. The van der Waals surface area contributed by atoms with Crippen LogP contribution < -0.4 is 5.73 Å². The molecule has 0 aliphatic carbocycles. The Morgan fingerprint density at radius 3 is 2.86 bits per heavy atom. The van der Waals surface area contributed by atoms with Crippen molar-refractivity contribution in [1.29, 1.82) is 0 Å². The molecule has 2 atom stereocenters. The van der Waals surface area contributed by atoms with Gasteiger partial charge in [0.1, 0.15) is 4.88 Å². The predicted octanol–water partition coefficient (Wildman–Crippen LogP) is 2.55. The monoisotopic (exact) mass is 325 g/mol. The Morgan fingerprint density at radius 2 is 2.27 bits per heavy atom. The number of rotatable bonds is 4. The van der Waals surface area contributed by atoms with Gasteiger partial charge in [0.25, 0.3) is 5.91 Å². The molecule has 22 heavy (non-hydrogen) atoms. The predicted molar refractivity (Wildman–Crippen MR) is 90.0 cm³/mol. The van der Waals surface area contributed by atoms with Gasteiger partial charge in [0.05, 0.1) is 11.3 Å². The number of carbonyl (C=O) groups excluding carboxylic acids is 1. The molecule has 0 unspecified atom stereocenters. The van der Waals surface area contributed by atoms with Crippen molar-refractivity contribution in [2.45, 2.75) is 52.6 Å². The van der Waals surface area contributed by atoms with Gasteiger partial charge >= 0.3 is 0 Å². The Kier molecular flexibility index (Phi) is 5.12. The number of likely N-dealkylation sites (tertiary alicyclic amines) is 1. The third-order valence-corrected chi connectivity index (χ3v) is 5.41. The highest BCUT2D eigenvalue weighted by Gasteiger charge is 2.39. The summed E-state index contributed by atoms with van der Waals surface area (Å²) in [6.07, 6.45) is 2.24. The Hall–Kier alpha value is -1.14. The fourth-order valence-corrected chi connectivity index (χ4v) is 4.01. The van der Waals surface area contributed by atoms with E-state index in [0.717, 1.165) is 12.1 Å². The molecule has 1 amide bonds. The van der Waals surface area contributed by atoms with Gasteiger partial charge in [-0.25, -0.2) is 4.98 Å². The van der Waals surface area contributed by atoms with Crippen LogP contribution in [-0.2, 0) is 6.42 Å². The fraction of sp³-hybridized carbons (Fsp3) is 0.750. The van der Waals surface area contributed by atoms with E-state index in [9.17, 15) is 9.90 Å². The highest BCUT2D eigenvalue weighted by atomic mass is 32.1. The second kappa shape index (κ2) is 6.54. The molecule has 0 aromatic carbocycles. The number of aromatic nitrogens is 1. The second-order valence-electron chi connectivity index (χ2n) is 6.87. The van der Waals surface area contributed by atoms with E-state index in [2.05, 4.69) is 18.8 Å². The minimum absolute atomic E-state index is 0.00954. The Balaban J connectivity index is 2.17. The summed E-state index contributed by atoms with van der Waals surface area (Å²) in [5.41, 5.74) is 5.84. The number of piperidine rings is 1. The Morgan fingerprint density at radius 1 is 1.59 bits per heavy atom. The number of thiazole rings is 1. The molecule has 1 aliphatic heterocycles. The maximum absolute atomic E-state index is 12.8. The largest absolute Gasteiger partial charge is 0.390 e. The lowest BCUT2D eigenvalue weighted by Crippen LogP contribution is -2.52. The van der Waals surface area contributed by atoms with Gasteiger partial charge < -0.3 is 15.7 Å². The molecule has 6 heteroatoms. The van der Waals surface area contributed by atoms with Crippen molar-refractivity contribution in [3.8, 4) is 0 Å². The molecule has 3 N–H and O–H groups in total. The quantitative estimate of drug-likeness (QED) is 0.891. The van der Waals surface area contributed by atoms with Crippen LogP contribution in [-0.4, -0.2) is 39.6 Å². The number of hydrogen-bond acceptors (Lipinski definition) is 5. The van der Waals surface area contributed by atoms with Crippen molar-refractivity contribution >= 4 is 22.4 Å². The molecule has 2 heterocycles. The number of nitrogens with zero attached hydrogens (tertiary/aromatic N) is 2. The molecule has 1 aromatic heterocycles. The van der Waals surface area contributed by atoms with Gasteiger partial charge in [0.2, 0.25) is 0 Å². The summed E-state index contributed by atoms with van der Waals surface area (Å²) in [6, 6.07) is 0. The lowest BCUT2D eigenvalue weighted by Gasteiger charge is -2.43. The first-order valence-electron chi connectivity index (χ1n) is 8.01. The van der Waals surface area contributed by atoms with Crippen molar-refractivity contribution in [3.05, 3.63) is 10.6 Å². The van der Waals surface area contributed by atoms with E-state index < -0.39 is 5.60 Å². The summed E-state index contributed by atoms with van der Waals surface area (Å²) in [4.78, 5) is 19.6. The van der Waals surface area contributed by atoms with Crippen molar-refractivity contribution in [2.75, 3.05) is 18.8 Å². The molecule has 124 valence electrons. The minimum atomic E-state index is -0.693. The van der Waals surface area contributed by atoms with Gasteiger partial charge in [-0.1, -0.05) is 32.1 Å². The molecule has 5 nitrogen and oxygen atoms in total. The average molecular weight is 325 g/mol. The third kappa shape index (κ3) is 3.60. The van der Waals surface area contributed by atoms with E-state index in [1.165, 1.54) is 11.3 Å². The average Bonchev–Trinajstić information content (AvgIpc) is 2.81. The van der Waals surface area contributed by atoms with Gasteiger partial charge in [-0.2, -0.15) is 0 Å². The van der Waals surface area contributed by atoms with Crippen LogP contribution in [0.2, 0.25) is 0 Å².